The summed E-state index contributed by atoms with van der Waals surface area (Å²) in [5.41, 5.74) is 7.75. The number of carbonyl (C=O) groups is 2. The second kappa shape index (κ2) is 28.7. The summed E-state index contributed by atoms with van der Waals surface area (Å²) in [6.07, 6.45) is -14.6. The number of nitrogens with zero attached hydrogens (tertiary/aromatic N) is 6. The second-order valence-electron chi connectivity index (χ2n) is 21.6. The highest BCUT2D eigenvalue weighted by Gasteiger charge is 2.69. The molecule has 2 aromatic heterocycles. The van der Waals surface area contributed by atoms with Crippen LogP contribution in [0.3, 0.4) is 0 Å². The number of rotatable bonds is 20. The summed E-state index contributed by atoms with van der Waals surface area (Å²) in [7, 11) is 0. The van der Waals surface area contributed by atoms with Crippen molar-refractivity contribution in [3.63, 3.8) is 0 Å². The van der Waals surface area contributed by atoms with Gasteiger partial charge in [0, 0.05) is 115 Å². The molecule has 0 amide bonds. The molecule has 8 rings (SSSR count). The Kier molecular flexibility index (Phi) is 22.2. The Morgan fingerprint density at radius 1 is 0.430 bits per heavy atom. The maximum Gasteiger partial charge on any atom is 0.406 e. The summed E-state index contributed by atoms with van der Waals surface area (Å²) in [5.74, 6) is -0.614. The van der Waals surface area contributed by atoms with Crippen molar-refractivity contribution in [2.45, 2.75) is 100 Å². The Balaban J connectivity index is 0.000000246. The Bertz CT molecular complexity index is 2840. The minimum absolute atomic E-state index is 0.0796. The van der Waals surface area contributed by atoms with Gasteiger partial charge in [-0.05, 0) is 93.7 Å². The summed E-state index contributed by atoms with van der Waals surface area (Å²) in [6, 6.07) is 30.9. The third-order valence-corrected chi connectivity index (χ3v) is 15.8. The molecular weight excluding hydrogens is 1150 g/mol. The van der Waals surface area contributed by atoms with Gasteiger partial charge in [0.15, 0.2) is 10.8 Å². The summed E-state index contributed by atoms with van der Waals surface area (Å²) in [4.78, 5) is 42.0. The number of hydrogen-bond donors (Lipinski definition) is 2. The predicted molar refractivity (Wildman–Crippen MR) is 299 cm³/mol. The molecule has 0 unspecified atom stereocenters. The topological polar surface area (TPSA) is 143 Å². The zero-order valence-corrected chi connectivity index (χ0v) is 47.3. The van der Waals surface area contributed by atoms with E-state index in [2.05, 4.69) is 29.6 Å². The normalized spacial score (nSPS) is 17.2. The molecule has 2 aliphatic rings. The first-order valence-electron chi connectivity index (χ1n) is 27.7. The molecule has 86 heavy (non-hydrogen) atoms. The van der Waals surface area contributed by atoms with Gasteiger partial charge < -0.3 is 20.9 Å². The first-order valence-corrected chi connectivity index (χ1v) is 27.7. The van der Waals surface area contributed by atoms with E-state index in [4.69, 9.17) is 20.9 Å². The van der Waals surface area contributed by atoms with Crippen molar-refractivity contribution in [3.05, 3.63) is 179 Å². The van der Waals surface area contributed by atoms with Gasteiger partial charge >= 0.3 is 36.6 Å². The van der Waals surface area contributed by atoms with E-state index in [9.17, 15) is 62.3 Å². The zero-order chi connectivity index (χ0) is 62.5. The Morgan fingerprint density at radius 3 is 0.988 bits per heavy atom. The molecular formula is C62H68F12N8O4. The average molecular weight is 1220 g/mol. The van der Waals surface area contributed by atoms with Gasteiger partial charge in [-0.3, -0.25) is 39.2 Å². The van der Waals surface area contributed by atoms with Gasteiger partial charge in [0.05, 0.1) is 12.8 Å². The van der Waals surface area contributed by atoms with Gasteiger partial charge in [-0.2, -0.15) is 52.7 Å². The lowest BCUT2D eigenvalue weighted by Crippen LogP contribution is -2.53. The number of piperazine rings is 2. The van der Waals surface area contributed by atoms with Gasteiger partial charge in [-0.25, -0.2) is 0 Å². The molecule has 0 bridgehead atoms. The van der Waals surface area contributed by atoms with Crippen LogP contribution in [0.15, 0.2) is 146 Å². The van der Waals surface area contributed by atoms with Gasteiger partial charge in [0.1, 0.15) is 13.2 Å². The van der Waals surface area contributed by atoms with E-state index in [0.717, 1.165) is 72.7 Å². The number of halogens is 12. The van der Waals surface area contributed by atoms with Crippen LogP contribution in [0.25, 0.3) is 22.3 Å². The van der Waals surface area contributed by atoms with Crippen molar-refractivity contribution in [3.8, 4) is 22.3 Å². The molecule has 2 saturated heterocycles. The van der Waals surface area contributed by atoms with E-state index in [1.807, 2.05) is 48.5 Å². The number of aromatic nitrogens is 2. The van der Waals surface area contributed by atoms with Crippen molar-refractivity contribution in [2.75, 3.05) is 65.6 Å². The molecule has 2 fully saturated rings. The molecule has 2 aliphatic heterocycles. The van der Waals surface area contributed by atoms with Crippen LogP contribution >= 0.6 is 0 Å². The quantitative estimate of drug-likeness (QED) is 0.0555. The lowest BCUT2D eigenvalue weighted by Gasteiger charge is -2.41. The lowest BCUT2D eigenvalue weighted by molar-refractivity contribution is -0.298. The average Bonchev–Trinajstić information content (AvgIpc) is 0.830. The molecule has 4 heterocycles. The third-order valence-electron chi connectivity index (χ3n) is 15.8. The number of hydrogen-bond acceptors (Lipinski definition) is 12. The summed E-state index contributed by atoms with van der Waals surface area (Å²) in [6.45, 7) is 7.95. The van der Waals surface area contributed by atoms with Crippen LogP contribution in [0.1, 0.15) is 60.1 Å². The molecule has 0 aliphatic carbocycles. The highest BCUT2D eigenvalue weighted by atomic mass is 19.4. The molecule has 2 atom stereocenters. The molecule has 6 aromatic rings. The standard InChI is InChI=1S/2C31H34F6N4O2/c2*1-29(30(32,33)34,31(35,36)37)26-8-6-25(7-9-26)24-4-2-22(3-5-24)19-40-15-16-41(20-23-10-13-39-14-11-23)27(21-40)18-28(42)43-17-12-38/h2*2-11,13-14,27H,12,15-21,38H2,1H3/t2*27-/m10/s1. The maximum absolute atomic E-state index is 13.4. The molecule has 12 nitrogen and oxygen atoms in total. The molecule has 0 radical (unpaired) electrons. The fourth-order valence-electron chi connectivity index (χ4n) is 10.4. The van der Waals surface area contributed by atoms with Crippen LogP contribution in [0.5, 0.6) is 0 Å². The minimum atomic E-state index is -5.50. The van der Waals surface area contributed by atoms with Gasteiger partial charge in [-0.15, -0.1) is 0 Å². The molecule has 0 spiro atoms. The van der Waals surface area contributed by atoms with E-state index in [0.29, 0.717) is 61.5 Å². The lowest BCUT2D eigenvalue weighted by atomic mass is 9.80. The fourth-order valence-corrected chi connectivity index (χ4v) is 10.4. The van der Waals surface area contributed by atoms with E-state index in [-0.39, 0.29) is 77.0 Å². The van der Waals surface area contributed by atoms with Crippen LogP contribution in [-0.4, -0.2) is 144 Å². The van der Waals surface area contributed by atoms with Crippen molar-refractivity contribution >= 4 is 11.9 Å². The Hall–Kier alpha value is -6.96. The third kappa shape index (κ3) is 16.8. The molecule has 24 heteroatoms. The van der Waals surface area contributed by atoms with Crippen molar-refractivity contribution in [1.82, 2.24) is 29.6 Å². The molecule has 4 N–H and O–H groups in total. The van der Waals surface area contributed by atoms with E-state index < -0.39 is 46.7 Å². The van der Waals surface area contributed by atoms with Gasteiger partial charge in [0.2, 0.25) is 0 Å². The second-order valence-corrected chi connectivity index (χ2v) is 21.6. The van der Waals surface area contributed by atoms with Crippen molar-refractivity contribution < 1.29 is 71.7 Å². The van der Waals surface area contributed by atoms with Crippen LogP contribution in [0, 0.1) is 0 Å². The van der Waals surface area contributed by atoms with Crippen LogP contribution in [0.2, 0.25) is 0 Å². The number of nitrogens with two attached hydrogens (primary N) is 2. The molecule has 4 aromatic carbocycles. The summed E-state index contributed by atoms with van der Waals surface area (Å²) < 4.78 is 172. The number of carbonyl (C=O) groups excluding carboxylic acids is 2. The van der Waals surface area contributed by atoms with E-state index in [1.165, 1.54) is 24.3 Å². The number of pyridine rings is 2. The smallest absolute Gasteiger partial charge is 0.406 e. The molecule has 464 valence electrons. The Labute approximate surface area is 491 Å². The predicted octanol–water partition coefficient (Wildman–Crippen LogP) is 11.4. The van der Waals surface area contributed by atoms with Crippen molar-refractivity contribution in [2.24, 2.45) is 11.5 Å². The number of alkyl halides is 12. The largest absolute Gasteiger partial charge is 0.464 e. The van der Waals surface area contributed by atoms with Crippen LogP contribution in [0.4, 0.5) is 52.7 Å². The zero-order valence-electron chi connectivity index (χ0n) is 47.3. The first kappa shape index (κ1) is 66.6. The monoisotopic (exact) mass is 1220 g/mol. The highest BCUT2D eigenvalue weighted by molar-refractivity contribution is 5.71. The van der Waals surface area contributed by atoms with E-state index in [1.54, 1.807) is 49.1 Å². The molecule has 0 saturated carbocycles. The minimum Gasteiger partial charge on any atom is -0.464 e. The van der Waals surface area contributed by atoms with Gasteiger partial charge in [0.25, 0.3) is 0 Å². The van der Waals surface area contributed by atoms with Crippen molar-refractivity contribution in [1.29, 1.82) is 0 Å². The summed E-state index contributed by atoms with van der Waals surface area (Å²) in [5, 5.41) is 0. The Morgan fingerprint density at radius 2 is 0.709 bits per heavy atom. The highest BCUT2D eigenvalue weighted by Crippen LogP contribution is 2.53. The first-order chi connectivity index (χ1) is 40.6. The maximum atomic E-state index is 13.4. The SMILES string of the molecule is CC(c1ccc(-c2ccc(CN3CCN(Cc4ccncc4)[C@@H](CC(=O)OCCN)C3)cc2)cc1)(C(F)(F)F)C(F)(F)F.CC(c1ccc(-c2ccc(CN3CCN(Cc4ccncc4)[C@H](CC(=O)OCCN)C3)cc2)cc1)(C(F)(F)F)C(F)(F)F. The van der Waals surface area contributed by atoms with E-state index >= 15 is 0 Å². The summed E-state index contributed by atoms with van der Waals surface area (Å²) >= 11 is 0. The number of benzene rings is 4. The van der Waals surface area contributed by atoms with Crippen LogP contribution in [-0.2, 0) is 56.1 Å². The fraction of sp³-hybridized carbons (Fsp3) is 0.419. The van der Waals surface area contributed by atoms with Gasteiger partial charge in [-0.1, -0.05) is 97.1 Å². The van der Waals surface area contributed by atoms with Crippen LogP contribution < -0.4 is 11.5 Å². The number of ether oxygens (including phenoxy) is 2. The number of esters is 2.